The Kier molecular flexibility index (Phi) is 3.39. The zero-order valence-electron chi connectivity index (χ0n) is 8.35. The Balaban J connectivity index is 3.47. The van der Waals surface area contributed by atoms with Crippen LogP contribution in [0, 0.1) is 13.8 Å². The Morgan fingerprint density at radius 1 is 1.38 bits per heavy atom. The van der Waals surface area contributed by atoms with Gasteiger partial charge in [0, 0.05) is 0 Å². The number of hydrogen-bond acceptors (Lipinski definition) is 0. The molecule has 0 spiro atoms. The summed E-state index contributed by atoms with van der Waals surface area (Å²) in [5, 5.41) is 0. The van der Waals surface area contributed by atoms with Crippen molar-refractivity contribution in [3.8, 4) is 0 Å². The first-order valence-electron chi connectivity index (χ1n) is 4.31. The van der Waals surface area contributed by atoms with E-state index in [4.69, 9.17) is 0 Å². The Morgan fingerprint density at radius 2 is 2.00 bits per heavy atom. The molecule has 0 bridgehead atoms. The molecule has 0 amide bonds. The second-order valence-corrected chi connectivity index (χ2v) is 5.43. The fourth-order valence-electron chi connectivity index (χ4n) is 1.41. The van der Waals surface area contributed by atoms with Crippen LogP contribution >= 0.6 is 0 Å². The molecule has 13 heavy (non-hydrogen) atoms. The van der Waals surface area contributed by atoms with Crippen LogP contribution in [0.1, 0.15) is 29.2 Å². The molecule has 0 N–H and O–H groups in total. The van der Waals surface area contributed by atoms with Crippen molar-refractivity contribution >= 4 is 9.97 Å². The molecule has 0 radical (unpaired) electrons. The van der Waals surface area contributed by atoms with Gasteiger partial charge >= 0.3 is 91.1 Å². The van der Waals surface area contributed by atoms with Crippen molar-refractivity contribution in [3.63, 3.8) is 0 Å². The molecular formula is C12H14W. The number of benzene rings is 1. The van der Waals surface area contributed by atoms with E-state index in [1.54, 1.807) is 0 Å². The van der Waals surface area contributed by atoms with E-state index in [2.05, 4.69) is 39.5 Å². The first-order chi connectivity index (χ1) is 6.07. The van der Waals surface area contributed by atoms with Crippen LogP contribution in [-0.4, -0.2) is 3.90 Å². The average Bonchev–Trinajstić information content (AvgIpc) is 2.09. The third-order valence-electron chi connectivity index (χ3n) is 2.37. The minimum absolute atomic E-state index is 1.30. The summed E-state index contributed by atoms with van der Waals surface area (Å²) in [6.07, 6.45) is 1.96. The summed E-state index contributed by atoms with van der Waals surface area (Å²) in [4.78, 5) is 0. The van der Waals surface area contributed by atoms with Gasteiger partial charge in [-0.25, -0.2) is 0 Å². The van der Waals surface area contributed by atoms with E-state index < -0.39 is 0 Å². The predicted molar refractivity (Wildman–Crippen MR) is 55.8 cm³/mol. The number of hydrogen-bond donors (Lipinski definition) is 0. The van der Waals surface area contributed by atoms with Crippen LogP contribution in [0.4, 0.5) is 0 Å². The van der Waals surface area contributed by atoms with E-state index in [1.165, 1.54) is 45.5 Å². The third kappa shape index (κ3) is 2.06. The van der Waals surface area contributed by atoms with Crippen molar-refractivity contribution in [3.05, 3.63) is 41.0 Å². The van der Waals surface area contributed by atoms with Gasteiger partial charge in [-0.2, -0.15) is 0 Å². The van der Waals surface area contributed by atoms with Crippen molar-refractivity contribution < 1.29 is 19.4 Å². The monoisotopic (exact) mass is 342 g/mol. The van der Waals surface area contributed by atoms with Crippen molar-refractivity contribution in [2.24, 2.45) is 0 Å². The van der Waals surface area contributed by atoms with Crippen molar-refractivity contribution in [2.75, 3.05) is 0 Å². The van der Waals surface area contributed by atoms with Crippen LogP contribution in [0.2, 0.25) is 0 Å². The van der Waals surface area contributed by atoms with Gasteiger partial charge in [-0.05, 0) is 0 Å². The molecule has 0 atom stereocenters. The Bertz CT molecular complexity index is 362. The Morgan fingerprint density at radius 3 is 2.46 bits per heavy atom. The summed E-state index contributed by atoms with van der Waals surface area (Å²) >= 11 is 1.53. The van der Waals surface area contributed by atoms with Gasteiger partial charge in [0.25, 0.3) is 0 Å². The van der Waals surface area contributed by atoms with Gasteiger partial charge in [0.2, 0.25) is 0 Å². The molecule has 0 nitrogen and oxygen atoms in total. The van der Waals surface area contributed by atoms with Gasteiger partial charge in [0.05, 0.1) is 0 Å². The topological polar surface area (TPSA) is 0 Å². The third-order valence-corrected chi connectivity index (χ3v) is 3.16. The van der Waals surface area contributed by atoms with Gasteiger partial charge in [0.1, 0.15) is 0 Å². The fraction of sp³-hybridized carbons (Fsp3) is 0.250. The van der Waals surface area contributed by atoms with Gasteiger partial charge in [-0.3, -0.25) is 0 Å². The number of rotatable bonds is 2. The second-order valence-electron chi connectivity index (χ2n) is 3.23. The molecule has 1 heteroatoms. The molecule has 0 aliphatic rings. The van der Waals surface area contributed by atoms with Crippen molar-refractivity contribution in [1.29, 1.82) is 0 Å². The summed E-state index contributed by atoms with van der Waals surface area (Å²) in [7, 11) is 0. The number of aryl methyl sites for hydroxylation is 1. The van der Waals surface area contributed by atoms with E-state index in [-0.39, 0.29) is 0 Å². The zero-order valence-corrected chi connectivity index (χ0v) is 11.3. The summed E-state index contributed by atoms with van der Waals surface area (Å²) in [5.41, 5.74) is 5.35. The molecule has 1 aromatic rings. The molecular weight excluding hydrogens is 328 g/mol. The van der Waals surface area contributed by atoms with Crippen molar-refractivity contribution in [2.45, 2.75) is 20.8 Å². The minimum atomic E-state index is 1.30. The summed E-state index contributed by atoms with van der Waals surface area (Å²) in [6.45, 7) is 10.3. The van der Waals surface area contributed by atoms with E-state index >= 15 is 0 Å². The molecule has 0 saturated heterocycles. The summed E-state index contributed by atoms with van der Waals surface area (Å²) < 4.78 is 1.43. The molecule has 0 aromatic heterocycles. The molecule has 0 aliphatic carbocycles. The Labute approximate surface area is 91.1 Å². The zero-order chi connectivity index (χ0) is 10.0. The molecule has 0 heterocycles. The van der Waals surface area contributed by atoms with Crippen LogP contribution < -0.4 is 0 Å². The maximum absolute atomic E-state index is 3.87. The van der Waals surface area contributed by atoms with Gasteiger partial charge in [-0.15, -0.1) is 0 Å². The fourth-order valence-corrected chi connectivity index (χ4v) is 2.05. The van der Waals surface area contributed by atoms with Gasteiger partial charge in [0.15, 0.2) is 0 Å². The maximum atomic E-state index is 3.87. The first kappa shape index (κ1) is 10.6. The van der Waals surface area contributed by atoms with Crippen LogP contribution in [0.3, 0.4) is 0 Å². The molecule has 0 fully saturated rings. The molecule has 1 aromatic carbocycles. The summed E-state index contributed by atoms with van der Waals surface area (Å²) in [6, 6.07) is 4.38. The average molecular weight is 342 g/mol. The summed E-state index contributed by atoms with van der Waals surface area (Å²) in [5.74, 6) is 0. The van der Waals surface area contributed by atoms with Crippen LogP contribution in [-0.2, 0) is 19.4 Å². The van der Waals surface area contributed by atoms with E-state index in [9.17, 15) is 0 Å². The van der Waals surface area contributed by atoms with E-state index in [0.717, 1.165) is 0 Å². The molecule has 0 unspecified atom stereocenters. The first-order valence-corrected chi connectivity index (χ1v) is 5.78. The quantitative estimate of drug-likeness (QED) is 0.775. The van der Waals surface area contributed by atoms with Gasteiger partial charge < -0.3 is 0 Å². The molecule has 0 aliphatic heterocycles. The molecule has 1 rings (SSSR count). The molecule has 68 valence electrons. The Hall–Kier alpha value is -0.482. The second kappa shape index (κ2) is 4.15. The van der Waals surface area contributed by atoms with E-state index in [0.29, 0.717) is 0 Å². The molecule has 0 saturated carbocycles. The van der Waals surface area contributed by atoms with Gasteiger partial charge in [-0.1, -0.05) is 0 Å². The standard InChI is InChI=1S/C12H14.W/c1-5-11-8-7-9(3)10(4)12(11)6-2;/h6-8H,2H2,1,3-4H3;. The normalized spacial score (nSPS) is 9.77. The van der Waals surface area contributed by atoms with Crippen molar-refractivity contribution in [1.82, 2.24) is 0 Å². The van der Waals surface area contributed by atoms with Crippen LogP contribution in [0.5, 0.6) is 0 Å². The van der Waals surface area contributed by atoms with Crippen LogP contribution in [0.15, 0.2) is 18.7 Å². The predicted octanol–water partition coefficient (Wildman–Crippen LogP) is 3.03. The van der Waals surface area contributed by atoms with E-state index in [1.807, 2.05) is 6.08 Å². The van der Waals surface area contributed by atoms with Crippen LogP contribution in [0.25, 0.3) is 6.08 Å². The SMILES string of the molecule is C=Cc1c([C](C)=[W])ccc(C)c1C.